The van der Waals surface area contributed by atoms with E-state index in [1.54, 1.807) is 13.8 Å². The third kappa shape index (κ3) is 8.03. The molecule has 0 radical (unpaired) electrons. The summed E-state index contributed by atoms with van der Waals surface area (Å²) in [4.78, 5) is 46.3. The molecular formula is C20H24O8. The number of benzene rings is 1. The molecule has 152 valence electrons. The van der Waals surface area contributed by atoms with Gasteiger partial charge in [-0.05, 0) is 31.2 Å². The van der Waals surface area contributed by atoms with E-state index in [2.05, 4.69) is 6.58 Å². The van der Waals surface area contributed by atoms with Crippen LogP contribution < -0.4 is 0 Å². The molecule has 28 heavy (non-hydrogen) atoms. The van der Waals surface area contributed by atoms with Crippen molar-refractivity contribution in [3.63, 3.8) is 0 Å². The summed E-state index contributed by atoms with van der Waals surface area (Å²) in [6, 6.07) is 5.66. The van der Waals surface area contributed by atoms with Gasteiger partial charge in [0, 0.05) is 5.57 Å². The van der Waals surface area contributed by atoms with E-state index in [9.17, 15) is 19.2 Å². The lowest BCUT2D eigenvalue weighted by Gasteiger charge is -2.08. The minimum absolute atomic E-state index is 0.0247. The van der Waals surface area contributed by atoms with Crippen LogP contribution in [-0.2, 0) is 28.5 Å². The first-order valence-electron chi connectivity index (χ1n) is 8.66. The standard InChI is InChI=1S/C20H24O8/c1-13(2)17(21)25-9-11-27-19(23)15-5-7-16(8-6-15)20(24)28-12-10-26-18(22)14(3)4/h5-8,14H,1,9-12H2,2-4H3. The van der Waals surface area contributed by atoms with E-state index in [-0.39, 0.29) is 55.0 Å². The molecule has 0 amide bonds. The number of hydrogen-bond donors (Lipinski definition) is 0. The van der Waals surface area contributed by atoms with Crippen LogP contribution in [0.1, 0.15) is 41.5 Å². The zero-order valence-electron chi connectivity index (χ0n) is 16.2. The zero-order chi connectivity index (χ0) is 21.1. The van der Waals surface area contributed by atoms with Gasteiger partial charge < -0.3 is 18.9 Å². The number of esters is 4. The predicted octanol–water partition coefficient (Wildman–Crippen LogP) is 2.32. The van der Waals surface area contributed by atoms with Crippen LogP contribution in [0.4, 0.5) is 0 Å². The molecule has 0 saturated heterocycles. The molecule has 8 heteroatoms. The second-order valence-electron chi connectivity index (χ2n) is 6.09. The lowest BCUT2D eigenvalue weighted by Crippen LogP contribution is -2.17. The highest BCUT2D eigenvalue weighted by Crippen LogP contribution is 2.08. The van der Waals surface area contributed by atoms with Crippen LogP contribution in [-0.4, -0.2) is 50.3 Å². The van der Waals surface area contributed by atoms with Gasteiger partial charge in [0.1, 0.15) is 26.4 Å². The maximum Gasteiger partial charge on any atom is 0.338 e. The van der Waals surface area contributed by atoms with Crippen LogP contribution in [0.2, 0.25) is 0 Å². The molecular weight excluding hydrogens is 368 g/mol. The highest BCUT2D eigenvalue weighted by atomic mass is 16.6. The quantitative estimate of drug-likeness (QED) is 0.259. The van der Waals surface area contributed by atoms with Crippen molar-refractivity contribution in [2.45, 2.75) is 20.8 Å². The molecule has 0 bridgehead atoms. The van der Waals surface area contributed by atoms with Crippen molar-refractivity contribution >= 4 is 23.9 Å². The van der Waals surface area contributed by atoms with Crippen molar-refractivity contribution < 1.29 is 38.1 Å². The SMILES string of the molecule is C=C(C)C(=O)OCCOC(=O)c1ccc(C(=O)OCCOC(=O)C(C)C)cc1. The Hall–Kier alpha value is -3.16. The van der Waals surface area contributed by atoms with Gasteiger partial charge in [-0.15, -0.1) is 0 Å². The van der Waals surface area contributed by atoms with E-state index >= 15 is 0 Å². The highest BCUT2D eigenvalue weighted by molar-refractivity contribution is 5.93. The molecule has 1 aromatic carbocycles. The lowest BCUT2D eigenvalue weighted by molar-refractivity contribution is -0.148. The average Bonchev–Trinajstić information content (AvgIpc) is 2.67. The van der Waals surface area contributed by atoms with Crippen molar-refractivity contribution in [2.24, 2.45) is 5.92 Å². The van der Waals surface area contributed by atoms with Crippen molar-refractivity contribution in [1.82, 2.24) is 0 Å². The van der Waals surface area contributed by atoms with Crippen LogP contribution in [0.5, 0.6) is 0 Å². The molecule has 0 aromatic heterocycles. The molecule has 0 fully saturated rings. The van der Waals surface area contributed by atoms with Crippen LogP contribution in [0, 0.1) is 5.92 Å². The minimum Gasteiger partial charge on any atom is -0.462 e. The Morgan fingerprint density at radius 2 is 1.18 bits per heavy atom. The molecule has 0 aliphatic rings. The first-order chi connectivity index (χ1) is 13.2. The van der Waals surface area contributed by atoms with Gasteiger partial charge >= 0.3 is 23.9 Å². The van der Waals surface area contributed by atoms with Crippen LogP contribution in [0.25, 0.3) is 0 Å². The van der Waals surface area contributed by atoms with E-state index in [1.807, 2.05) is 0 Å². The second kappa shape index (κ2) is 11.5. The molecule has 0 saturated carbocycles. The minimum atomic E-state index is -0.619. The van der Waals surface area contributed by atoms with Crippen LogP contribution >= 0.6 is 0 Å². The Balaban J connectivity index is 2.38. The Morgan fingerprint density at radius 3 is 1.57 bits per heavy atom. The number of rotatable bonds is 10. The van der Waals surface area contributed by atoms with Gasteiger partial charge in [-0.1, -0.05) is 20.4 Å². The van der Waals surface area contributed by atoms with Gasteiger partial charge in [0.2, 0.25) is 0 Å². The van der Waals surface area contributed by atoms with Gasteiger partial charge in [0.05, 0.1) is 17.0 Å². The smallest absolute Gasteiger partial charge is 0.338 e. The fourth-order valence-corrected chi connectivity index (χ4v) is 1.74. The third-order valence-electron chi connectivity index (χ3n) is 3.29. The highest BCUT2D eigenvalue weighted by Gasteiger charge is 2.12. The first-order valence-corrected chi connectivity index (χ1v) is 8.66. The monoisotopic (exact) mass is 392 g/mol. The molecule has 0 heterocycles. The van der Waals surface area contributed by atoms with Crippen molar-refractivity contribution in [3.8, 4) is 0 Å². The summed E-state index contributed by atoms with van der Waals surface area (Å²) in [5.74, 6) is -2.40. The maximum atomic E-state index is 11.9. The lowest BCUT2D eigenvalue weighted by atomic mass is 10.1. The van der Waals surface area contributed by atoms with E-state index in [1.165, 1.54) is 31.2 Å². The third-order valence-corrected chi connectivity index (χ3v) is 3.29. The topological polar surface area (TPSA) is 105 Å². The summed E-state index contributed by atoms with van der Waals surface area (Å²) in [5.41, 5.74) is 0.725. The average molecular weight is 392 g/mol. The summed E-state index contributed by atoms with van der Waals surface area (Å²) in [7, 11) is 0. The number of carbonyl (C=O) groups is 4. The van der Waals surface area contributed by atoms with E-state index < -0.39 is 17.9 Å². The molecule has 8 nitrogen and oxygen atoms in total. The van der Waals surface area contributed by atoms with Crippen molar-refractivity contribution in [2.75, 3.05) is 26.4 Å². The van der Waals surface area contributed by atoms with Crippen molar-refractivity contribution in [3.05, 3.63) is 47.5 Å². The maximum absolute atomic E-state index is 11.9. The van der Waals surface area contributed by atoms with E-state index in [0.717, 1.165) is 0 Å². The molecule has 0 aliphatic carbocycles. The fraction of sp³-hybridized carbons (Fsp3) is 0.400. The molecule has 1 rings (SSSR count). The normalized spacial score (nSPS) is 10.1. The first kappa shape index (κ1) is 22.9. The molecule has 0 atom stereocenters. The van der Waals surface area contributed by atoms with Crippen LogP contribution in [0.3, 0.4) is 0 Å². The molecule has 0 aliphatic heterocycles. The Kier molecular flexibility index (Phi) is 9.42. The number of carbonyl (C=O) groups excluding carboxylic acids is 4. The zero-order valence-corrected chi connectivity index (χ0v) is 16.2. The largest absolute Gasteiger partial charge is 0.462 e. The molecule has 0 unspecified atom stereocenters. The molecule has 0 spiro atoms. The second-order valence-corrected chi connectivity index (χ2v) is 6.09. The Labute approximate surface area is 163 Å². The van der Waals surface area contributed by atoms with E-state index in [0.29, 0.717) is 0 Å². The van der Waals surface area contributed by atoms with Crippen molar-refractivity contribution in [1.29, 1.82) is 0 Å². The van der Waals surface area contributed by atoms with Gasteiger partial charge in [-0.3, -0.25) is 4.79 Å². The summed E-state index contributed by atoms with van der Waals surface area (Å²) in [6.45, 7) is 8.09. The molecule has 0 N–H and O–H groups in total. The predicted molar refractivity (Wildman–Crippen MR) is 98.6 cm³/mol. The van der Waals surface area contributed by atoms with Crippen LogP contribution in [0.15, 0.2) is 36.4 Å². The van der Waals surface area contributed by atoms with E-state index in [4.69, 9.17) is 18.9 Å². The van der Waals surface area contributed by atoms with Gasteiger partial charge in [-0.25, -0.2) is 14.4 Å². The summed E-state index contributed by atoms with van der Waals surface area (Å²) >= 11 is 0. The summed E-state index contributed by atoms with van der Waals surface area (Å²) < 4.78 is 19.7. The van der Waals surface area contributed by atoms with Gasteiger partial charge in [0.15, 0.2) is 0 Å². The Bertz CT molecular complexity index is 718. The number of hydrogen-bond acceptors (Lipinski definition) is 8. The van der Waals surface area contributed by atoms with Gasteiger partial charge in [-0.2, -0.15) is 0 Å². The van der Waals surface area contributed by atoms with Gasteiger partial charge in [0.25, 0.3) is 0 Å². The summed E-state index contributed by atoms with van der Waals surface area (Å²) in [6.07, 6.45) is 0. The molecule has 1 aromatic rings. The summed E-state index contributed by atoms with van der Waals surface area (Å²) in [5, 5.41) is 0. The fourth-order valence-electron chi connectivity index (χ4n) is 1.74. The Morgan fingerprint density at radius 1 is 0.786 bits per heavy atom. The number of ether oxygens (including phenoxy) is 4.